The Morgan fingerprint density at radius 1 is 1.07 bits per heavy atom. The quantitative estimate of drug-likeness (QED) is 0.487. The van der Waals surface area contributed by atoms with E-state index in [0.29, 0.717) is 23.1 Å². The summed E-state index contributed by atoms with van der Waals surface area (Å²) >= 11 is 0. The lowest BCUT2D eigenvalue weighted by Crippen LogP contribution is -2.22. The Morgan fingerprint density at radius 3 is 2.59 bits per heavy atom. The Kier molecular flexibility index (Phi) is 4.73. The van der Waals surface area contributed by atoms with Crippen molar-refractivity contribution >= 4 is 10.8 Å². The molecule has 0 unspecified atom stereocenters. The summed E-state index contributed by atoms with van der Waals surface area (Å²) in [5.74, 6) is 4.10. The molecule has 0 saturated heterocycles. The van der Waals surface area contributed by atoms with Crippen LogP contribution < -0.4 is 5.56 Å². The minimum atomic E-state index is -0.999. The van der Waals surface area contributed by atoms with E-state index in [-0.39, 0.29) is 11.2 Å². The highest BCUT2D eigenvalue weighted by molar-refractivity contribution is 5.88. The van der Waals surface area contributed by atoms with Crippen LogP contribution in [0.15, 0.2) is 59.7 Å². The maximum Gasteiger partial charge on any atom is 0.264 e. The molecule has 2 aromatic carbocycles. The maximum atomic E-state index is 13.8. The van der Waals surface area contributed by atoms with E-state index in [0.717, 1.165) is 23.1 Å². The van der Waals surface area contributed by atoms with E-state index in [1.807, 2.05) is 25.1 Å². The number of aryl methyl sites for hydroxylation is 2. The number of rotatable bonds is 2. The summed E-state index contributed by atoms with van der Waals surface area (Å²) in [6, 6.07) is 10.8. The Labute approximate surface area is 166 Å². The van der Waals surface area contributed by atoms with Gasteiger partial charge in [-0.1, -0.05) is 30.9 Å². The van der Waals surface area contributed by atoms with E-state index in [4.69, 9.17) is 0 Å². The molecular formula is C23H17F2N3O. The zero-order chi connectivity index (χ0) is 20.5. The summed E-state index contributed by atoms with van der Waals surface area (Å²) < 4.78 is 30.3. The SMILES string of the molecule is CCc1cc2cccc(C#Cc3cnn(C)c3)c2c(=O)n1-c1ccc(F)c(F)c1. The molecule has 29 heavy (non-hydrogen) atoms. The fourth-order valence-electron chi connectivity index (χ4n) is 3.31. The topological polar surface area (TPSA) is 39.8 Å². The number of aromatic nitrogens is 3. The van der Waals surface area contributed by atoms with Gasteiger partial charge in [0.1, 0.15) is 0 Å². The van der Waals surface area contributed by atoms with Crippen LogP contribution in [-0.4, -0.2) is 14.3 Å². The highest BCUT2D eigenvalue weighted by Gasteiger charge is 2.14. The third kappa shape index (κ3) is 3.43. The second-order valence-electron chi connectivity index (χ2n) is 6.65. The Hall–Kier alpha value is -3.72. The molecule has 0 amide bonds. The van der Waals surface area contributed by atoms with Gasteiger partial charge < -0.3 is 0 Å². The minimum absolute atomic E-state index is 0.280. The lowest BCUT2D eigenvalue weighted by Gasteiger charge is -2.14. The summed E-state index contributed by atoms with van der Waals surface area (Å²) in [7, 11) is 1.80. The van der Waals surface area contributed by atoms with Gasteiger partial charge in [0.2, 0.25) is 0 Å². The standard InChI is InChI=1S/C23H17F2N3O/c1-3-18-11-17-6-4-5-16(8-7-15-13-26-27(2)14-15)22(17)23(29)28(18)19-9-10-20(24)21(25)12-19/h4-6,9-14H,3H2,1-2H3. The molecule has 4 aromatic rings. The molecule has 0 aliphatic rings. The van der Waals surface area contributed by atoms with Crippen LogP contribution in [0.2, 0.25) is 0 Å². The van der Waals surface area contributed by atoms with E-state index >= 15 is 0 Å². The van der Waals surface area contributed by atoms with Gasteiger partial charge in [-0.3, -0.25) is 14.0 Å². The molecule has 0 atom stereocenters. The van der Waals surface area contributed by atoms with Crippen LogP contribution in [-0.2, 0) is 13.5 Å². The first kappa shape index (κ1) is 18.6. The Bertz CT molecular complexity index is 1360. The van der Waals surface area contributed by atoms with Gasteiger partial charge in [-0.25, -0.2) is 8.78 Å². The predicted molar refractivity (Wildman–Crippen MR) is 108 cm³/mol. The number of fused-ring (bicyclic) bond motifs is 1. The molecule has 2 heterocycles. The van der Waals surface area contributed by atoms with Crippen LogP contribution in [0, 0.1) is 23.5 Å². The van der Waals surface area contributed by atoms with Crippen LogP contribution in [0.1, 0.15) is 23.7 Å². The molecule has 0 saturated carbocycles. The van der Waals surface area contributed by atoms with Crippen molar-refractivity contribution in [3.63, 3.8) is 0 Å². The van der Waals surface area contributed by atoms with E-state index in [9.17, 15) is 13.6 Å². The van der Waals surface area contributed by atoms with Crippen LogP contribution >= 0.6 is 0 Å². The highest BCUT2D eigenvalue weighted by Crippen LogP contribution is 2.20. The van der Waals surface area contributed by atoms with Gasteiger partial charge in [0, 0.05) is 30.6 Å². The molecule has 0 aliphatic heterocycles. The first-order chi connectivity index (χ1) is 14.0. The average molecular weight is 389 g/mol. The number of hydrogen-bond donors (Lipinski definition) is 0. The summed E-state index contributed by atoms with van der Waals surface area (Å²) in [5.41, 5.74) is 1.96. The predicted octanol–water partition coefficient (Wildman–Crippen LogP) is 3.96. The minimum Gasteiger partial charge on any atom is -0.281 e. The van der Waals surface area contributed by atoms with Gasteiger partial charge in [0.05, 0.1) is 22.8 Å². The maximum absolute atomic E-state index is 13.8. The van der Waals surface area contributed by atoms with Crippen LogP contribution in [0.4, 0.5) is 8.78 Å². The molecule has 2 aromatic heterocycles. The molecule has 0 fully saturated rings. The highest BCUT2D eigenvalue weighted by atomic mass is 19.2. The van der Waals surface area contributed by atoms with E-state index < -0.39 is 11.6 Å². The average Bonchev–Trinajstić information content (AvgIpc) is 3.13. The zero-order valence-corrected chi connectivity index (χ0v) is 15.9. The van der Waals surface area contributed by atoms with Crippen LogP contribution in [0.25, 0.3) is 16.5 Å². The molecule has 0 radical (unpaired) electrons. The van der Waals surface area contributed by atoms with Gasteiger partial charge in [-0.15, -0.1) is 0 Å². The number of hydrogen-bond acceptors (Lipinski definition) is 2. The molecule has 6 heteroatoms. The van der Waals surface area contributed by atoms with Crippen molar-refractivity contribution in [1.29, 1.82) is 0 Å². The van der Waals surface area contributed by atoms with Crippen molar-refractivity contribution in [2.75, 3.05) is 0 Å². The third-order valence-corrected chi connectivity index (χ3v) is 4.69. The second-order valence-corrected chi connectivity index (χ2v) is 6.65. The molecular weight excluding hydrogens is 372 g/mol. The first-order valence-electron chi connectivity index (χ1n) is 9.11. The zero-order valence-electron chi connectivity index (χ0n) is 15.9. The summed E-state index contributed by atoms with van der Waals surface area (Å²) in [6.45, 7) is 1.91. The molecule has 4 rings (SSSR count). The number of benzene rings is 2. The van der Waals surface area contributed by atoms with Crippen molar-refractivity contribution < 1.29 is 8.78 Å². The van der Waals surface area contributed by atoms with Crippen molar-refractivity contribution in [3.05, 3.63) is 93.7 Å². The van der Waals surface area contributed by atoms with Gasteiger partial charge in [-0.2, -0.15) is 5.10 Å². The lowest BCUT2D eigenvalue weighted by atomic mass is 10.0. The summed E-state index contributed by atoms with van der Waals surface area (Å²) in [6.07, 6.45) is 3.98. The smallest absolute Gasteiger partial charge is 0.264 e. The normalized spacial score (nSPS) is 10.8. The number of halogens is 2. The molecule has 4 nitrogen and oxygen atoms in total. The molecule has 0 N–H and O–H groups in total. The molecule has 0 aliphatic carbocycles. The number of pyridine rings is 1. The summed E-state index contributed by atoms with van der Waals surface area (Å²) in [5, 5.41) is 5.27. The lowest BCUT2D eigenvalue weighted by molar-refractivity contribution is 0.507. The Morgan fingerprint density at radius 2 is 1.90 bits per heavy atom. The first-order valence-corrected chi connectivity index (χ1v) is 9.11. The monoisotopic (exact) mass is 389 g/mol. The number of nitrogens with zero attached hydrogens (tertiary/aromatic N) is 3. The van der Waals surface area contributed by atoms with Crippen molar-refractivity contribution in [3.8, 4) is 17.5 Å². The van der Waals surface area contributed by atoms with Crippen molar-refractivity contribution in [1.82, 2.24) is 14.3 Å². The van der Waals surface area contributed by atoms with Gasteiger partial charge in [0.15, 0.2) is 11.6 Å². The third-order valence-electron chi connectivity index (χ3n) is 4.69. The van der Waals surface area contributed by atoms with Crippen molar-refractivity contribution in [2.45, 2.75) is 13.3 Å². The Balaban J connectivity index is 1.98. The van der Waals surface area contributed by atoms with E-state index in [1.165, 1.54) is 10.6 Å². The van der Waals surface area contributed by atoms with Gasteiger partial charge >= 0.3 is 0 Å². The van der Waals surface area contributed by atoms with Crippen molar-refractivity contribution in [2.24, 2.45) is 7.05 Å². The van der Waals surface area contributed by atoms with Crippen LogP contribution in [0.3, 0.4) is 0 Å². The van der Waals surface area contributed by atoms with Gasteiger partial charge in [-0.05, 0) is 36.1 Å². The fraction of sp³-hybridized carbons (Fsp3) is 0.130. The van der Waals surface area contributed by atoms with Gasteiger partial charge in [0.25, 0.3) is 5.56 Å². The molecule has 144 valence electrons. The summed E-state index contributed by atoms with van der Waals surface area (Å²) in [4.78, 5) is 13.4. The fourth-order valence-corrected chi connectivity index (χ4v) is 3.31. The molecule has 0 bridgehead atoms. The largest absolute Gasteiger partial charge is 0.281 e. The molecule has 0 spiro atoms. The van der Waals surface area contributed by atoms with Crippen LogP contribution in [0.5, 0.6) is 0 Å². The second kappa shape index (κ2) is 7.36. The van der Waals surface area contributed by atoms with E-state index in [1.54, 1.807) is 30.2 Å². The van der Waals surface area contributed by atoms with E-state index in [2.05, 4.69) is 16.9 Å².